The zero-order valence-electron chi connectivity index (χ0n) is 17.3. The topological polar surface area (TPSA) is 102 Å². The molecule has 1 atom stereocenters. The first kappa shape index (κ1) is 22.4. The lowest BCUT2D eigenvalue weighted by atomic mass is 9.99. The molecular formula is C20H22ClFN6O3S. The number of sulfonamides is 1. The number of hydrogen-bond donors (Lipinski definition) is 1. The lowest BCUT2D eigenvalue weighted by molar-refractivity contribution is -0.120. The molecule has 1 saturated heterocycles. The molecule has 32 heavy (non-hydrogen) atoms. The average Bonchev–Trinajstić information content (AvgIpc) is 3.35. The first-order valence-electron chi connectivity index (χ1n) is 9.99. The van der Waals surface area contributed by atoms with Gasteiger partial charge in [0.15, 0.2) is 5.82 Å². The van der Waals surface area contributed by atoms with Crippen molar-refractivity contribution in [3.8, 4) is 0 Å². The van der Waals surface area contributed by atoms with Crippen LogP contribution in [0.1, 0.15) is 18.4 Å². The van der Waals surface area contributed by atoms with Gasteiger partial charge in [-0.1, -0.05) is 23.7 Å². The molecule has 3 aromatic rings. The van der Waals surface area contributed by atoms with Crippen molar-refractivity contribution in [2.24, 2.45) is 13.0 Å². The van der Waals surface area contributed by atoms with E-state index in [1.165, 1.54) is 33.5 Å². The van der Waals surface area contributed by atoms with Gasteiger partial charge in [-0.2, -0.15) is 14.5 Å². The normalized spacial score (nSPS) is 17.4. The molecule has 1 N–H and O–H groups in total. The summed E-state index contributed by atoms with van der Waals surface area (Å²) in [6.45, 7) is 0.765. The quantitative estimate of drug-likeness (QED) is 0.584. The van der Waals surface area contributed by atoms with Gasteiger partial charge in [0, 0.05) is 32.5 Å². The molecule has 0 bridgehead atoms. The summed E-state index contributed by atoms with van der Waals surface area (Å²) in [6.07, 6.45) is 5.42. The zero-order chi connectivity index (χ0) is 22.9. The Morgan fingerprint density at radius 2 is 2.03 bits per heavy atom. The molecule has 12 heteroatoms. The van der Waals surface area contributed by atoms with Gasteiger partial charge in [-0.3, -0.25) is 14.2 Å². The van der Waals surface area contributed by atoms with Crippen LogP contribution in [0.2, 0.25) is 5.02 Å². The monoisotopic (exact) mass is 480 g/mol. The van der Waals surface area contributed by atoms with Gasteiger partial charge in [-0.25, -0.2) is 12.8 Å². The van der Waals surface area contributed by atoms with Crippen LogP contribution in [0.3, 0.4) is 0 Å². The van der Waals surface area contributed by atoms with E-state index in [-0.39, 0.29) is 34.0 Å². The van der Waals surface area contributed by atoms with Crippen molar-refractivity contribution in [2.45, 2.75) is 24.3 Å². The number of hydrogen-bond acceptors (Lipinski definition) is 5. The number of halogens is 2. The molecular weight excluding hydrogens is 459 g/mol. The van der Waals surface area contributed by atoms with Crippen LogP contribution in [0, 0.1) is 11.7 Å². The molecule has 1 aromatic carbocycles. The van der Waals surface area contributed by atoms with Crippen LogP contribution in [0.25, 0.3) is 0 Å². The number of aromatic nitrogens is 4. The highest BCUT2D eigenvalue weighted by Gasteiger charge is 2.34. The molecule has 0 aliphatic carbocycles. The number of piperidine rings is 1. The Morgan fingerprint density at radius 1 is 1.28 bits per heavy atom. The van der Waals surface area contributed by atoms with Gasteiger partial charge in [-0.05, 0) is 30.5 Å². The van der Waals surface area contributed by atoms with Crippen molar-refractivity contribution < 1.29 is 17.6 Å². The number of benzene rings is 1. The second-order valence-corrected chi connectivity index (χ2v) is 10.0. The van der Waals surface area contributed by atoms with Crippen molar-refractivity contribution in [3.63, 3.8) is 0 Å². The Hall–Kier alpha value is -2.76. The van der Waals surface area contributed by atoms with E-state index in [2.05, 4.69) is 15.5 Å². The lowest BCUT2D eigenvalue weighted by Gasteiger charge is -2.30. The Labute approximate surface area is 189 Å². The summed E-state index contributed by atoms with van der Waals surface area (Å²) < 4.78 is 43.1. The minimum atomic E-state index is -3.72. The van der Waals surface area contributed by atoms with E-state index in [1.54, 1.807) is 30.1 Å². The highest BCUT2D eigenvalue weighted by molar-refractivity contribution is 7.89. The Balaban J connectivity index is 1.42. The van der Waals surface area contributed by atoms with Crippen molar-refractivity contribution in [1.82, 2.24) is 23.9 Å². The lowest BCUT2D eigenvalue weighted by Crippen LogP contribution is -2.43. The van der Waals surface area contributed by atoms with Crippen LogP contribution in [0.15, 0.2) is 47.8 Å². The number of nitrogens with one attached hydrogen (secondary N) is 1. The van der Waals surface area contributed by atoms with Gasteiger partial charge in [-0.15, -0.1) is 0 Å². The molecule has 1 aliphatic heterocycles. The number of nitrogens with zero attached hydrogens (tertiary/aromatic N) is 5. The molecule has 9 nitrogen and oxygen atoms in total. The van der Waals surface area contributed by atoms with E-state index in [9.17, 15) is 17.6 Å². The van der Waals surface area contributed by atoms with Gasteiger partial charge in [0.1, 0.15) is 15.7 Å². The molecule has 3 heterocycles. The Kier molecular flexibility index (Phi) is 6.31. The summed E-state index contributed by atoms with van der Waals surface area (Å²) in [7, 11) is -2.08. The maximum atomic E-state index is 13.1. The van der Waals surface area contributed by atoms with Crippen LogP contribution in [0.5, 0.6) is 0 Å². The number of aryl methyl sites for hydroxylation is 1. The van der Waals surface area contributed by atoms with E-state index in [4.69, 9.17) is 11.6 Å². The summed E-state index contributed by atoms with van der Waals surface area (Å²) in [4.78, 5) is 12.9. The number of carbonyl (C=O) groups excluding carboxylic acids is 1. The summed E-state index contributed by atoms with van der Waals surface area (Å²) in [5.74, 6) is -1.00. The van der Waals surface area contributed by atoms with Crippen molar-refractivity contribution in [1.29, 1.82) is 0 Å². The number of anilines is 1. The fourth-order valence-corrected chi connectivity index (χ4v) is 5.32. The minimum absolute atomic E-state index is 0.0664. The first-order chi connectivity index (χ1) is 15.2. The maximum Gasteiger partial charge on any atom is 0.246 e. The maximum absolute atomic E-state index is 13.1. The third kappa shape index (κ3) is 4.84. The van der Waals surface area contributed by atoms with Gasteiger partial charge in [0.2, 0.25) is 15.9 Å². The summed E-state index contributed by atoms with van der Waals surface area (Å²) in [6, 6.07) is 6.00. The fourth-order valence-electron chi connectivity index (χ4n) is 3.61. The van der Waals surface area contributed by atoms with Gasteiger partial charge in [0.05, 0.1) is 18.7 Å². The molecule has 1 fully saturated rings. The van der Waals surface area contributed by atoms with Crippen molar-refractivity contribution >= 4 is 33.3 Å². The summed E-state index contributed by atoms with van der Waals surface area (Å²) in [5, 5.41) is 11.2. The second kappa shape index (κ2) is 9.00. The first-order valence-corrected chi connectivity index (χ1v) is 11.8. The van der Waals surface area contributed by atoms with E-state index in [0.29, 0.717) is 25.9 Å². The standard InChI is InChI=1S/C20H22ClFN6O3S/c1-26-12-17(9-23-26)32(30,31)28-8-2-3-15(11-28)20(29)24-19-18(21)13-27(25-19)10-14-4-6-16(22)7-5-14/h4-7,9,12-13,15H,2-3,8,10-11H2,1H3,(H,24,25,29). The predicted molar refractivity (Wildman–Crippen MR) is 116 cm³/mol. The second-order valence-electron chi connectivity index (χ2n) is 7.69. The molecule has 0 spiro atoms. The molecule has 1 amide bonds. The van der Waals surface area contributed by atoms with E-state index in [1.807, 2.05) is 0 Å². The highest BCUT2D eigenvalue weighted by atomic mass is 35.5. The van der Waals surface area contributed by atoms with Crippen LogP contribution in [-0.2, 0) is 28.4 Å². The van der Waals surface area contributed by atoms with Gasteiger partial charge in [0.25, 0.3) is 0 Å². The summed E-state index contributed by atoms with van der Waals surface area (Å²) in [5.41, 5.74) is 0.826. The van der Waals surface area contributed by atoms with Crippen LogP contribution >= 0.6 is 11.6 Å². The van der Waals surface area contributed by atoms with E-state index < -0.39 is 15.9 Å². The van der Waals surface area contributed by atoms with E-state index >= 15 is 0 Å². The van der Waals surface area contributed by atoms with Crippen molar-refractivity contribution in [2.75, 3.05) is 18.4 Å². The third-order valence-corrected chi connectivity index (χ3v) is 7.38. The number of carbonyl (C=O) groups is 1. The highest BCUT2D eigenvalue weighted by Crippen LogP contribution is 2.26. The fraction of sp³-hybridized carbons (Fsp3) is 0.350. The molecule has 2 aromatic heterocycles. The van der Waals surface area contributed by atoms with Gasteiger partial charge >= 0.3 is 0 Å². The minimum Gasteiger partial charge on any atom is -0.308 e. The average molecular weight is 481 g/mol. The predicted octanol–water partition coefficient (Wildman–Crippen LogP) is 2.50. The van der Waals surface area contributed by atoms with Gasteiger partial charge < -0.3 is 5.32 Å². The molecule has 1 aliphatic rings. The third-order valence-electron chi connectivity index (χ3n) is 5.29. The Morgan fingerprint density at radius 3 is 2.72 bits per heavy atom. The van der Waals surface area contributed by atoms with E-state index in [0.717, 1.165) is 5.56 Å². The van der Waals surface area contributed by atoms with Crippen LogP contribution < -0.4 is 5.32 Å². The molecule has 4 rings (SSSR count). The number of rotatable bonds is 6. The summed E-state index contributed by atoms with van der Waals surface area (Å²) >= 11 is 6.23. The smallest absolute Gasteiger partial charge is 0.246 e. The SMILES string of the molecule is Cn1cc(S(=O)(=O)N2CCCC(C(=O)Nc3nn(Cc4ccc(F)cc4)cc3Cl)C2)cn1. The van der Waals surface area contributed by atoms with Crippen LogP contribution in [-0.4, -0.2) is 51.3 Å². The van der Waals surface area contributed by atoms with Crippen LogP contribution in [0.4, 0.5) is 10.2 Å². The molecule has 0 radical (unpaired) electrons. The number of amides is 1. The van der Waals surface area contributed by atoms with Crippen molar-refractivity contribution in [3.05, 3.63) is 59.3 Å². The Bertz CT molecular complexity index is 1220. The molecule has 1 unspecified atom stereocenters. The molecule has 0 saturated carbocycles. The zero-order valence-corrected chi connectivity index (χ0v) is 18.9. The molecule has 170 valence electrons. The largest absolute Gasteiger partial charge is 0.308 e.